The van der Waals surface area contributed by atoms with Crippen LogP contribution in [0.4, 0.5) is 4.79 Å². The molecular formula is C10H12N2O3. The molecule has 1 aromatic rings. The minimum atomic E-state index is -0.428. The summed E-state index contributed by atoms with van der Waals surface area (Å²) in [6, 6.07) is 6.17. The predicted molar refractivity (Wildman–Crippen MR) is 53.7 cm³/mol. The van der Waals surface area contributed by atoms with Gasteiger partial charge in [0, 0.05) is 25.2 Å². The number of ether oxygens (including phenoxy) is 1. The van der Waals surface area contributed by atoms with Gasteiger partial charge in [-0.25, -0.2) is 4.79 Å². The highest BCUT2D eigenvalue weighted by Gasteiger charge is 2.29. The Labute approximate surface area is 87.1 Å². The molecule has 0 unspecified atom stereocenters. The maximum Gasteiger partial charge on any atom is 0.415 e. The number of phenols is 1. The number of likely N-dealkylation sites (tertiary alicyclic amines) is 1. The van der Waals surface area contributed by atoms with Gasteiger partial charge in [-0.2, -0.15) is 0 Å². The molecule has 1 aliphatic rings. The molecular weight excluding hydrogens is 196 g/mol. The van der Waals surface area contributed by atoms with E-state index in [0.717, 1.165) is 0 Å². The highest BCUT2D eigenvalue weighted by Crippen LogP contribution is 2.19. The smallest absolute Gasteiger partial charge is 0.415 e. The minimum Gasteiger partial charge on any atom is -0.508 e. The van der Waals surface area contributed by atoms with Crippen molar-refractivity contribution in [2.24, 2.45) is 5.73 Å². The van der Waals surface area contributed by atoms with Crippen LogP contribution in [0, 0.1) is 0 Å². The van der Waals surface area contributed by atoms with Gasteiger partial charge in [0.25, 0.3) is 0 Å². The molecule has 1 saturated heterocycles. The standard InChI is InChI=1S/C10H12N2O3/c11-7-5-12(6-7)10(14)15-9-3-1-2-8(13)4-9/h1-4,7,13H,5-6,11H2. The lowest BCUT2D eigenvalue weighted by molar-refractivity contribution is 0.113. The molecule has 15 heavy (non-hydrogen) atoms. The van der Waals surface area contributed by atoms with Gasteiger partial charge < -0.3 is 20.5 Å². The van der Waals surface area contributed by atoms with E-state index in [1.165, 1.54) is 17.0 Å². The maximum absolute atomic E-state index is 11.4. The Kier molecular flexibility index (Phi) is 2.47. The zero-order chi connectivity index (χ0) is 10.8. The van der Waals surface area contributed by atoms with Crippen LogP contribution >= 0.6 is 0 Å². The van der Waals surface area contributed by atoms with Crippen LogP contribution in [0.15, 0.2) is 24.3 Å². The quantitative estimate of drug-likeness (QED) is 0.706. The Hall–Kier alpha value is -1.75. The predicted octanol–water partition coefficient (Wildman–Crippen LogP) is 0.534. The van der Waals surface area contributed by atoms with Crippen molar-refractivity contribution in [3.05, 3.63) is 24.3 Å². The van der Waals surface area contributed by atoms with Gasteiger partial charge in [-0.05, 0) is 12.1 Å². The van der Waals surface area contributed by atoms with E-state index in [0.29, 0.717) is 18.8 Å². The van der Waals surface area contributed by atoms with Gasteiger partial charge >= 0.3 is 6.09 Å². The summed E-state index contributed by atoms with van der Waals surface area (Å²) >= 11 is 0. The third-order valence-electron chi connectivity index (χ3n) is 2.19. The summed E-state index contributed by atoms with van der Waals surface area (Å²) in [4.78, 5) is 12.9. The molecule has 3 N–H and O–H groups in total. The molecule has 0 bridgehead atoms. The number of nitrogens with two attached hydrogens (primary N) is 1. The Morgan fingerprint density at radius 3 is 2.87 bits per heavy atom. The first-order chi connectivity index (χ1) is 7.15. The SMILES string of the molecule is NC1CN(C(=O)Oc2cccc(O)c2)C1. The average Bonchev–Trinajstić information content (AvgIpc) is 2.13. The molecule has 1 heterocycles. The van der Waals surface area contributed by atoms with Crippen LogP contribution in [-0.2, 0) is 0 Å². The van der Waals surface area contributed by atoms with E-state index in [1.807, 2.05) is 0 Å². The normalized spacial score (nSPS) is 15.9. The second-order valence-electron chi connectivity index (χ2n) is 3.53. The van der Waals surface area contributed by atoms with Crippen molar-refractivity contribution in [2.75, 3.05) is 13.1 Å². The second kappa shape index (κ2) is 3.78. The Morgan fingerprint density at radius 2 is 2.27 bits per heavy atom. The molecule has 5 heteroatoms. The lowest BCUT2D eigenvalue weighted by Gasteiger charge is -2.35. The zero-order valence-electron chi connectivity index (χ0n) is 8.09. The van der Waals surface area contributed by atoms with E-state index in [1.54, 1.807) is 12.1 Å². The topological polar surface area (TPSA) is 75.8 Å². The first-order valence-electron chi connectivity index (χ1n) is 4.66. The highest BCUT2D eigenvalue weighted by atomic mass is 16.6. The van der Waals surface area contributed by atoms with Crippen molar-refractivity contribution in [3.8, 4) is 11.5 Å². The first-order valence-corrected chi connectivity index (χ1v) is 4.66. The Morgan fingerprint density at radius 1 is 1.53 bits per heavy atom. The fourth-order valence-electron chi connectivity index (χ4n) is 1.37. The van der Waals surface area contributed by atoms with Crippen LogP contribution in [0.5, 0.6) is 11.5 Å². The number of carbonyl (C=O) groups excluding carboxylic acids is 1. The summed E-state index contributed by atoms with van der Waals surface area (Å²) in [6.07, 6.45) is -0.428. The fourth-order valence-corrected chi connectivity index (χ4v) is 1.37. The number of carbonyl (C=O) groups is 1. The van der Waals surface area contributed by atoms with Crippen molar-refractivity contribution in [1.82, 2.24) is 4.90 Å². The summed E-state index contributed by atoms with van der Waals surface area (Å²) < 4.78 is 5.02. The van der Waals surface area contributed by atoms with Crippen LogP contribution in [0.2, 0.25) is 0 Å². The van der Waals surface area contributed by atoms with Gasteiger partial charge in [-0.15, -0.1) is 0 Å². The lowest BCUT2D eigenvalue weighted by atomic mass is 10.1. The fraction of sp³-hybridized carbons (Fsp3) is 0.300. The molecule has 2 rings (SSSR count). The first kappa shape index (κ1) is 9.79. The van der Waals surface area contributed by atoms with Crippen LogP contribution in [0.25, 0.3) is 0 Å². The van der Waals surface area contributed by atoms with E-state index in [2.05, 4.69) is 0 Å². The molecule has 0 radical (unpaired) electrons. The monoisotopic (exact) mass is 208 g/mol. The molecule has 1 amide bonds. The van der Waals surface area contributed by atoms with E-state index < -0.39 is 6.09 Å². The minimum absolute atomic E-state index is 0.0572. The summed E-state index contributed by atoms with van der Waals surface area (Å²) in [6.45, 7) is 1.05. The van der Waals surface area contributed by atoms with Gasteiger partial charge in [-0.3, -0.25) is 0 Å². The molecule has 0 aliphatic carbocycles. The maximum atomic E-state index is 11.4. The van der Waals surface area contributed by atoms with Gasteiger partial charge in [0.05, 0.1) is 0 Å². The third-order valence-corrected chi connectivity index (χ3v) is 2.19. The van der Waals surface area contributed by atoms with Crippen molar-refractivity contribution in [2.45, 2.75) is 6.04 Å². The molecule has 0 saturated carbocycles. The number of hydrogen-bond acceptors (Lipinski definition) is 4. The number of rotatable bonds is 1. The van der Waals surface area contributed by atoms with E-state index in [9.17, 15) is 4.79 Å². The van der Waals surface area contributed by atoms with Crippen molar-refractivity contribution < 1.29 is 14.6 Å². The van der Waals surface area contributed by atoms with Crippen molar-refractivity contribution in [3.63, 3.8) is 0 Å². The number of amides is 1. The summed E-state index contributed by atoms with van der Waals surface area (Å²) in [5.74, 6) is 0.404. The number of nitrogens with zero attached hydrogens (tertiary/aromatic N) is 1. The Balaban J connectivity index is 1.94. The molecule has 1 aliphatic heterocycles. The molecule has 1 aromatic carbocycles. The van der Waals surface area contributed by atoms with E-state index >= 15 is 0 Å². The van der Waals surface area contributed by atoms with Crippen molar-refractivity contribution in [1.29, 1.82) is 0 Å². The van der Waals surface area contributed by atoms with Crippen LogP contribution < -0.4 is 10.5 Å². The van der Waals surface area contributed by atoms with Crippen molar-refractivity contribution >= 4 is 6.09 Å². The summed E-state index contributed by atoms with van der Waals surface area (Å²) in [5.41, 5.74) is 5.53. The molecule has 0 atom stereocenters. The molecule has 80 valence electrons. The largest absolute Gasteiger partial charge is 0.508 e. The van der Waals surface area contributed by atoms with Gasteiger partial charge in [0.2, 0.25) is 0 Å². The molecule has 5 nitrogen and oxygen atoms in total. The molecule has 0 aromatic heterocycles. The lowest BCUT2D eigenvalue weighted by Crippen LogP contribution is -2.58. The van der Waals surface area contributed by atoms with Gasteiger partial charge in [-0.1, -0.05) is 6.07 Å². The van der Waals surface area contributed by atoms with E-state index in [-0.39, 0.29) is 11.8 Å². The second-order valence-corrected chi connectivity index (χ2v) is 3.53. The van der Waals surface area contributed by atoms with E-state index in [4.69, 9.17) is 15.6 Å². The van der Waals surface area contributed by atoms with Crippen LogP contribution in [0.3, 0.4) is 0 Å². The molecule has 1 fully saturated rings. The highest BCUT2D eigenvalue weighted by molar-refractivity contribution is 5.71. The van der Waals surface area contributed by atoms with Gasteiger partial charge in [0.1, 0.15) is 11.5 Å². The summed E-state index contributed by atoms with van der Waals surface area (Å²) in [5, 5.41) is 9.15. The summed E-state index contributed by atoms with van der Waals surface area (Å²) in [7, 11) is 0. The number of phenolic OH excluding ortho intramolecular Hbond substituents is 1. The number of hydrogen-bond donors (Lipinski definition) is 2. The molecule has 0 spiro atoms. The third kappa shape index (κ3) is 2.19. The van der Waals surface area contributed by atoms with Gasteiger partial charge in [0.15, 0.2) is 0 Å². The van der Waals surface area contributed by atoms with Crippen LogP contribution in [0.1, 0.15) is 0 Å². The number of aromatic hydroxyl groups is 1. The Bertz CT molecular complexity index is 375. The van der Waals surface area contributed by atoms with Crippen LogP contribution in [-0.4, -0.2) is 35.2 Å². The number of benzene rings is 1. The zero-order valence-corrected chi connectivity index (χ0v) is 8.09. The average molecular weight is 208 g/mol.